The normalized spacial score (nSPS) is 23.4. The lowest BCUT2D eigenvalue weighted by Crippen LogP contribution is -2.33. The summed E-state index contributed by atoms with van der Waals surface area (Å²) in [7, 11) is 0. The Morgan fingerprint density at radius 1 is 1.44 bits per heavy atom. The van der Waals surface area contributed by atoms with Gasteiger partial charge in [-0.05, 0) is 44.0 Å². The Kier molecular flexibility index (Phi) is 2.84. The molecule has 0 amide bonds. The predicted molar refractivity (Wildman–Crippen MR) is 71.0 cm³/mol. The fraction of sp³-hybridized carbons (Fsp3) is 0.385. The second kappa shape index (κ2) is 4.37. The van der Waals surface area contributed by atoms with Crippen LogP contribution in [0.1, 0.15) is 25.3 Å². The van der Waals surface area contributed by atoms with E-state index in [1.54, 1.807) is 11.0 Å². The van der Waals surface area contributed by atoms with Crippen LogP contribution in [0.4, 0.5) is 0 Å². The lowest BCUT2D eigenvalue weighted by molar-refractivity contribution is 0.435. The first-order chi connectivity index (χ1) is 8.69. The molecular formula is C13H15ClN4. The van der Waals surface area contributed by atoms with Crippen molar-refractivity contribution in [3.63, 3.8) is 0 Å². The highest BCUT2D eigenvalue weighted by Crippen LogP contribution is 2.33. The van der Waals surface area contributed by atoms with Gasteiger partial charge in [-0.25, -0.2) is 9.67 Å². The lowest BCUT2D eigenvalue weighted by Gasteiger charge is -2.25. The summed E-state index contributed by atoms with van der Waals surface area (Å²) >= 11 is 6.34. The van der Waals surface area contributed by atoms with Crippen LogP contribution in [0.5, 0.6) is 0 Å². The minimum Gasteiger partial charge on any atom is -0.308 e. The molecule has 5 heteroatoms. The maximum atomic E-state index is 6.34. The van der Waals surface area contributed by atoms with Crippen LogP contribution in [0, 0.1) is 0 Å². The number of aromatic nitrogens is 3. The van der Waals surface area contributed by atoms with Gasteiger partial charge in [0.2, 0.25) is 0 Å². The summed E-state index contributed by atoms with van der Waals surface area (Å²) in [5.74, 6) is 0. The number of hydrogen-bond donors (Lipinski definition) is 1. The van der Waals surface area contributed by atoms with Crippen molar-refractivity contribution in [2.75, 3.05) is 6.54 Å². The summed E-state index contributed by atoms with van der Waals surface area (Å²) in [5.41, 5.74) is 2.14. The highest BCUT2D eigenvalue weighted by molar-refractivity contribution is 6.32. The second-order valence-corrected chi connectivity index (χ2v) is 5.28. The van der Waals surface area contributed by atoms with E-state index in [0.717, 1.165) is 18.7 Å². The van der Waals surface area contributed by atoms with Gasteiger partial charge in [0.05, 0.1) is 10.7 Å². The molecule has 94 valence electrons. The maximum absolute atomic E-state index is 6.34. The fourth-order valence-corrected chi connectivity index (χ4v) is 2.78. The van der Waals surface area contributed by atoms with E-state index >= 15 is 0 Å². The smallest absolute Gasteiger partial charge is 0.138 e. The largest absolute Gasteiger partial charge is 0.308 e. The molecule has 1 aliphatic heterocycles. The molecule has 1 aliphatic rings. The Morgan fingerprint density at radius 3 is 2.94 bits per heavy atom. The van der Waals surface area contributed by atoms with Crippen LogP contribution in [0.3, 0.4) is 0 Å². The number of hydrogen-bond acceptors (Lipinski definition) is 3. The zero-order valence-electron chi connectivity index (χ0n) is 10.2. The van der Waals surface area contributed by atoms with E-state index in [9.17, 15) is 0 Å². The molecule has 1 aromatic heterocycles. The summed E-state index contributed by atoms with van der Waals surface area (Å²) in [4.78, 5) is 3.93. The number of halogens is 1. The average Bonchev–Trinajstić information content (AvgIpc) is 3.00. The van der Waals surface area contributed by atoms with Gasteiger partial charge in [0, 0.05) is 5.54 Å². The molecule has 2 heterocycles. The Labute approximate surface area is 111 Å². The average molecular weight is 263 g/mol. The Morgan fingerprint density at radius 2 is 2.33 bits per heavy atom. The van der Waals surface area contributed by atoms with Gasteiger partial charge in [0.1, 0.15) is 12.7 Å². The third kappa shape index (κ3) is 1.91. The number of nitrogens with zero attached hydrogens (tertiary/aromatic N) is 3. The highest BCUT2D eigenvalue weighted by Gasteiger charge is 2.30. The van der Waals surface area contributed by atoms with Crippen molar-refractivity contribution >= 4 is 11.6 Å². The van der Waals surface area contributed by atoms with E-state index in [1.807, 2.05) is 12.1 Å². The van der Waals surface area contributed by atoms with Crippen LogP contribution in [0.15, 0.2) is 30.9 Å². The third-order valence-corrected chi connectivity index (χ3v) is 3.92. The van der Waals surface area contributed by atoms with Gasteiger partial charge in [0.25, 0.3) is 0 Å². The maximum Gasteiger partial charge on any atom is 0.138 e. The summed E-state index contributed by atoms with van der Waals surface area (Å²) in [6.07, 6.45) is 5.51. The molecule has 1 aromatic carbocycles. The van der Waals surface area contributed by atoms with Crippen molar-refractivity contribution < 1.29 is 0 Å². The fourth-order valence-electron chi connectivity index (χ4n) is 2.51. The van der Waals surface area contributed by atoms with E-state index in [2.05, 4.69) is 28.4 Å². The van der Waals surface area contributed by atoms with Crippen LogP contribution >= 0.6 is 11.6 Å². The highest BCUT2D eigenvalue weighted by atomic mass is 35.5. The monoisotopic (exact) mass is 262 g/mol. The van der Waals surface area contributed by atoms with E-state index in [4.69, 9.17) is 11.6 Å². The summed E-state index contributed by atoms with van der Waals surface area (Å²) in [6.45, 7) is 3.29. The Balaban J connectivity index is 1.99. The van der Waals surface area contributed by atoms with Crippen LogP contribution < -0.4 is 5.32 Å². The van der Waals surface area contributed by atoms with Gasteiger partial charge in [-0.15, -0.1) is 0 Å². The molecule has 2 aromatic rings. The van der Waals surface area contributed by atoms with Gasteiger partial charge >= 0.3 is 0 Å². The van der Waals surface area contributed by atoms with Crippen LogP contribution in [-0.2, 0) is 5.54 Å². The van der Waals surface area contributed by atoms with E-state index < -0.39 is 0 Å². The van der Waals surface area contributed by atoms with Crippen molar-refractivity contribution in [3.05, 3.63) is 41.4 Å². The van der Waals surface area contributed by atoms with Gasteiger partial charge in [-0.3, -0.25) is 0 Å². The van der Waals surface area contributed by atoms with E-state index in [0.29, 0.717) is 5.02 Å². The van der Waals surface area contributed by atoms with Crippen molar-refractivity contribution in [2.24, 2.45) is 0 Å². The zero-order valence-corrected chi connectivity index (χ0v) is 11.0. The summed E-state index contributed by atoms with van der Waals surface area (Å²) < 4.78 is 1.68. The van der Waals surface area contributed by atoms with E-state index in [1.165, 1.54) is 18.3 Å². The van der Waals surface area contributed by atoms with Crippen LogP contribution in [0.2, 0.25) is 5.02 Å². The van der Waals surface area contributed by atoms with Gasteiger partial charge in [-0.2, -0.15) is 5.10 Å². The van der Waals surface area contributed by atoms with Crippen molar-refractivity contribution in [2.45, 2.75) is 25.3 Å². The topological polar surface area (TPSA) is 42.7 Å². The van der Waals surface area contributed by atoms with Crippen molar-refractivity contribution in [1.29, 1.82) is 0 Å². The summed E-state index contributed by atoms with van der Waals surface area (Å²) in [5, 5.41) is 8.34. The summed E-state index contributed by atoms with van der Waals surface area (Å²) in [6, 6.07) is 6.13. The molecule has 0 bridgehead atoms. The lowest BCUT2D eigenvalue weighted by atomic mass is 9.90. The first-order valence-electron chi connectivity index (χ1n) is 6.09. The molecule has 1 N–H and O–H groups in total. The molecule has 1 fully saturated rings. The zero-order chi connectivity index (χ0) is 12.6. The molecule has 0 spiro atoms. The number of benzene rings is 1. The molecule has 0 radical (unpaired) electrons. The first kappa shape index (κ1) is 11.7. The van der Waals surface area contributed by atoms with E-state index in [-0.39, 0.29) is 5.54 Å². The molecule has 1 atom stereocenters. The quantitative estimate of drug-likeness (QED) is 0.904. The molecule has 18 heavy (non-hydrogen) atoms. The number of nitrogens with one attached hydrogen (secondary N) is 1. The molecule has 4 nitrogen and oxygen atoms in total. The van der Waals surface area contributed by atoms with Crippen molar-refractivity contribution in [3.8, 4) is 5.69 Å². The number of rotatable bonds is 2. The first-order valence-corrected chi connectivity index (χ1v) is 6.47. The Bertz CT molecular complexity index is 544. The minimum absolute atomic E-state index is 0.0462. The Hall–Kier alpha value is -1.39. The second-order valence-electron chi connectivity index (χ2n) is 4.87. The molecule has 0 saturated carbocycles. The standard InChI is InChI=1S/C13H15ClN4/c1-13(5-2-6-16-13)10-3-4-12(11(14)7-10)18-9-15-8-17-18/h3-4,7-9,16H,2,5-6H2,1H3. The van der Waals surface area contributed by atoms with Crippen LogP contribution in [-0.4, -0.2) is 21.3 Å². The minimum atomic E-state index is 0.0462. The molecular weight excluding hydrogens is 248 g/mol. The van der Waals surface area contributed by atoms with Crippen LogP contribution in [0.25, 0.3) is 5.69 Å². The molecule has 0 aliphatic carbocycles. The molecule has 1 saturated heterocycles. The third-order valence-electron chi connectivity index (χ3n) is 3.62. The van der Waals surface area contributed by atoms with Gasteiger partial charge < -0.3 is 5.32 Å². The predicted octanol–water partition coefficient (Wildman–Crippen LogP) is 2.52. The molecule has 3 rings (SSSR count). The van der Waals surface area contributed by atoms with Crippen molar-refractivity contribution in [1.82, 2.24) is 20.1 Å². The molecule has 1 unspecified atom stereocenters. The van der Waals surface area contributed by atoms with Gasteiger partial charge in [-0.1, -0.05) is 17.7 Å². The SMILES string of the molecule is CC1(c2ccc(-n3cncn3)c(Cl)c2)CCCN1. The van der Waals surface area contributed by atoms with Gasteiger partial charge in [0.15, 0.2) is 0 Å².